The molecule has 0 atom stereocenters. The molecule has 0 unspecified atom stereocenters. The van der Waals surface area contributed by atoms with E-state index in [-0.39, 0.29) is 5.57 Å². The van der Waals surface area contributed by atoms with E-state index in [4.69, 9.17) is 14.7 Å². The number of hydrogen-bond donors (Lipinski definition) is 0. The SMILES string of the molecule is COC(=O)C(C#N)=Cc1ccc(OC)cc1OC. The standard InChI is InChI=1S/C13H13NO4/c1-16-11-5-4-9(12(7-11)17-2)6-10(8-14)13(15)18-3/h4-7H,1-3H3. The largest absolute Gasteiger partial charge is 0.497 e. The van der Waals surface area contributed by atoms with Gasteiger partial charge in [0.2, 0.25) is 0 Å². The van der Waals surface area contributed by atoms with Gasteiger partial charge in [0.15, 0.2) is 0 Å². The highest BCUT2D eigenvalue weighted by molar-refractivity contribution is 5.98. The molecule has 1 aromatic rings. The van der Waals surface area contributed by atoms with E-state index in [2.05, 4.69) is 4.74 Å². The summed E-state index contributed by atoms with van der Waals surface area (Å²) < 4.78 is 14.7. The average Bonchev–Trinajstić information content (AvgIpc) is 2.43. The minimum atomic E-state index is -0.685. The molecule has 94 valence electrons. The van der Waals surface area contributed by atoms with Crippen molar-refractivity contribution in [3.63, 3.8) is 0 Å². The van der Waals surface area contributed by atoms with Crippen LogP contribution in [-0.2, 0) is 9.53 Å². The molecule has 0 radical (unpaired) electrons. The summed E-state index contributed by atoms with van der Waals surface area (Å²) in [6.45, 7) is 0. The van der Waals surface area contributed by atoms with Gasteiger partial charge in [0.25, 0.3) is 0 Å². The molecule has 0 heterocycles. The fraction of sp³-hybridized carbons (Fsp3) is 0.231. The molecule has 0 aromatic heterocycles. The Morgan fingerprint density at radius 1 is 1.28 bits per heavy atom. The Hall–Kier alpha value is -2.48. The zero-order valence-corrected chi connectivity index (χ0v) is 10.4. The summed E-state index contributed by atoms with van der Waals surface area (Å²) >= 11 is 0. The predicted octanol–water partition coefficient (Wildman–Crippen LogP) is 1.78. The number of hydrogen-bond acceptors (Lipinski definition) is 5. The zero-order valence-electron chi connectivity index (χ0n) is 10.4. The number of esters is 1. The molecule has 0 fully saturated rings. The lowest BCUT2D eigenvalue weighted by atomic mass is 10.1. The highest BCUT2D eigenvalue weighted by atomic mass is 16.5. The molecule has 0 amide bonds. The van der Waals surface area contributed by atoms with Crippen LogP contribution in [0.3, 0.4) is 0 Å². The number of carbonyl (C=O) groups is 1. The maximum Gasteiger partial charge on any atom is 0.348 e. The quantitative estimate of drug-likeness (QED) is 0.461. The normalized spacial score (nSPS) is 10.4. The molecular formula is C13H13NO4. The predicted molar refractivity (Wildman–Crippen MR) is 65.2 cm³/mol. The van der Waals surface area contributed by atoms with Gasteiger partial charge in [0.1, 0.15) is 23.1 Å². The van der Waals surface area contributed by atoms with Crippen LogP contribution < -0.4 is 9.47 Å². The molecule has 5 nitrogen and oxygen atoms in total. The van der Waals surface area contributed by atoms with Crippen LogP contribution in [0.5, 0.6) is 11.5 Å². The van der Waals surface area contributed by atoms with Crippen LogP contribution in [0, 0.1) is 11.3 Å². The molecule has 0 aliphatic heterocycles. The first kappa shape index (κ1) is 13.6. The van der Waals surface area contributed by atoms with Crippen molar-refractivity contribution in [3.05, 3.63) is 29.3 Å². The van der Waals surface area contributed by atoms with Gasteiger partial charge < -0.3 is 14.2 Å². The van der Waals surface area contributed by atoms with E-state index in [1.807, 2.05) is 0 Å². The molecule has 0 aliphatic carbocycles. The van der Waals surface area contributed by atoms with E-state index in [0.717, 1.165) is 0 Å². The summed E-state index contributed by atoms with van der Waals surface area (Å²) in [6, 6.07) is 6.85. The molecule has 0 spiro atoms. The molecule has 1 aromatic carbocycles. The average molecular weight is 247 g/mol. The van der Waals surface area contributed by atoms with Crippen molar-refractivity contribution in [2.75, 3.05) is 21.3 Å². The summed E-state index contributed by atoms with van der Waals surface area (Å²) in [5.41, 5.74) is 0.501. The number of rotatable bonds is 4. The summed E-state index contributed by atoms with van der Waals surface area (Å²) in [7, 11) is 4.26. The first-order chi connectivity index (χ1) is 8.65. The molecule has 0 saturated heterocycles. The molecule has 1 rings (SSSR count). The first-order valence-corrected chi connectivity index (χ1v) is 5.08. The first-order valence-electron chi connectivity index (χ1n) is 5.08. The Labute approximate surface area is 105 Å². The lowest BCUT2D eigenvalue weighted by molar-refractivity contribution is -0.135. The van der Waals surface area contributed by atoms with Gasteiger partial charge >= 0.3 is 5.97 Å². The second-order valence-electron chi connectivity index (χ2n) is 3.27. The summed E-state index contributed by atoms with van der Waals surface area (Å²) in [5, 5.41) is 8.87. The Morgan fingerprint density at radius 3 is 2.50 bits per heavy atom. The van der Waals surface area contributed by atoms with E-state index < -0.39 is 5.97 Å². The van der Waals surface area contributed by atoms with Crippen LogP contribution in [0.2, 0.25) is 0 Å². The van der Waals surface area contributed by atoms with Gasteiger partial charge in [-0.2, -0.15) is 5.26 Å². The monoisotopic (exact) mass is 247 g/mol. The number of carbonyl (C=O) groups excluding carboxylic acids is 1. The molecule has 5 heteroatoms. The van der Waals surface area contributed by atoms with E-state index in [0.29, 0.717) is 17.1 Å². The topological polar surface area (TPSA) is 68.6 Å². The van der Waals surface area contributed by atoms with Gasteiger partial charge in [-0.15, -0.1) is 0 Å². The van der Waals surface area contributed by atoms with Crippen LogP contribution in [-0.4, -0.2) is 27.3 Å². The van der Waals surface area contributed by atoms with E-state index >= 15 is 0 Å². The Bertz CT molecular complexity index is 514. The summed E-state index contributed by atoms with van der Waals surface area (Å²) in [4.78, 5) is 11.3. The van der Waals surface area contributed by atoms with Crippen molar-refractivity contribution in [1.82, 2.24) is 0 Å². The lowest BCUT2D eigenvalue weighted by Crippen LogP contribution is -2.02. The van der Waals surface area contributed by atoms with Crippen molar-refractivity contribution >= 4 is 12.0 Å². The zero-order chi connectivity index (χ0) is 13.5. The highest BCUT2D eigenvalue weighted by Crippen LogP contribution is 2.26. The highest BCUT2D eigenvalue weighted by Gasteiger charge is 2.11. The van der Waals surface area contributed by atoms with E-state index in [9.17, 15) is 4.79 Å². The molecule has 0 saturated carbocycles. The number of nitriles is 1. The van der Waals surface area contributed by atoms with Crippen molar-refractivity contribution in [1.29, 1.82) is 5.26 Å². The third-order valence-electron chi connectivity index (χ3n) is 2.27. The smallest absolute Gasteiger partial charge is 0.348 e. The van der Waals surface area contributed by atoms with Crippen molar-refractivity contribution in [2.45, 2.75) is 0 Å². The third-order valence-corrected chi connectivity index (χ3v) is 2.27. The fourth-order valence-electron chi connectivity index (χ4n) is 1.34. The summed E-state index contributed by atoms with van der Waals surface area (Å²) in [5.74, 6) is 0.446. The van der Waals surface area contributed by atoms with Crippen LogP contribution in [0.25, 0.3) is 6.08 Å². The Balaban J connectivity index is 3.21. The van der Waals surface area contributed by atoms with Gasteiger partial charge in [0, 0.05) is 11.6 Å². The maximum absolute atomic E-state index is 11.3. The van der Waals surface area contributed by atoms with Crippen molar-refractivity contribution < 1.29 is 19.0 Å². The van der Waals surface area contributed by atoms with Gasteiger partial charge in [-0.25, -0.2) is 4.79 Å². The second-order valence-corrected chi connectivity index (χ2v) is 3.27. The van der Waals surface area contributed by atoms with Gasteiger partial charge in [0.05, 0.1) is 21.3 Å². The van der Waals surface area contributed by atoms with Crippen molar-refractivity contribution in [2.24, 2.45) is 0 Å². The molecule has 0 N–H and O–H groups in total. The minimum Gasteiger partial charge on any atom is -0.497 e. The van der Waals surface area contributed by atoms with Crippen LogP contribution in [0.1, 0.15) is 5.56 Å². The van der Waals surface area contributed by atoms with Crippen LogP contribution >= 0.6 is 0 Å². The number of methoxy groups -OCH3 is 3. The molecule has 18 heavy (non-hydrogen) atoms. The number of ether oxygens (including phenoxy) is 3. The second kappa shape index (κ2) is 6.30. The van der Waals surface area contributed by atoms with Gasteiger partial charge in [-0.05, 0) is 18.2 Å². The minimum absolute atomic E-state index is 0.0963. The fourth-order valence-corrected chi connectivity index (χ4v) is 1.34. The lowest BCUT2D eigenvalue weighted by Gasteiger charge is -2.07. The van der Waals surface area contributed by atoms with Crippen molar-refractivity contribution in [3.8, 4) is 17.6 Å². The number of benzene rings is 1. The maximum atomic E-state index is 11.3. The molecule has 0 bridgehead atoms. The van der Waals surface area contributed by atoms with E-state index in [1.54, 1.807) is 31.4 Å². The van der Waals surface area contributed by atoms with E-state index in [1.165, 1.54) is 20.3 Å². The van der Waals surface area contributed by atoms with Crippen LogP contribution in [0.15, 0.2) is 23.8 Å². The van der Waals surface area contributed by atoms with Crippen LogP contribution in [0.4, 0.5) is 0 Å². The van der Waals surface area contributed by atoms with Gasteiger partial charge in [-0.3, -0.25) is 0 Å². The molecular weight excluding hydrogens is 234 g/mol. The molecule has 0 aliphatic rings. The van der Waals surface area contributed by atoms with Gasteiger partial charge in [-0.1, -0.05) is 0 Å². The summed E-state index contributed by atoms with van der Waals surface area (Å²) in [6.07, 6.45) is 1.41. The Kier molecular flexibility index (Phi) is 4.76. The number of nitrogens with zero attached hydrogens (tertiary/aromatic N) is 1. The Morgan fingerprint density at radius 2 is 2.00 bits per heavy atom. The third kappa shape index (κ3) is 3.01.